The Morgan fingerprint density at radius 2 is 1.84 bits per heavy atom. The fourth-order valence-electron chi connectivity index (χ4n) is 5.21. The molecule has 0 amide bonds. The predicted molar refractivity (Wildman–Crippen MR) is 129 cm³/mol. The minimum Gasteiger partial charge on any atom is -0.341 e. The molecule has 3 aromatic rings. The van der Waals surface area contributed by atoms with Gasteiger partial charge in [0.15, 0.2) is 0 Å². The normalized spacial score (nSPS) is 19.5. The Labute approximate surface area is 191 Å². The monoisotopic (exact) mass is 430 g/mol. The molecule has 0 spiro atoms. The molecular formula is C26H34N6. The number of anilines is 1. The van der Waals surface area contributed by atoms with Crippen LogP contribution in [-0.2, 0) is 13.5 Å². The lowest BCUT2D eigenvalue weighted by Crippen LogP contribution is -2.35. The number of piperidine rings is 1. The zero-order chi connectivity index (χ0) is 21.8. The summed E-state index contributed by atoms with van der Waals surface area (Å²) in [5, 5.41) is 4.92. The van der Waals surface area contributed by atoms with Gasteiger partial charge < -0.3 is 9.80 Å². The van der Waals surface area contributed by atoms with Crippen molar-refractivity contribution in [3.05, 3.63) is 60.0 Å². The molecule has 6 heteroatoms. The quantitative estimate of drug-likeness (QED) is 0.560. The van der Waals surface area contributed by atoms with Gasteiger partial charge in [-0.2, -0.15) is 5.10 Å². The van der Waals surface area contributed by atoms with Crippen LogP contribution in [0.15, 0.2) is 48.8 Å². The van der Waals surface area contributed by atoms with E-state index in [0.29, 0.717) is 5.92 Å². The molecule has 0 radical (unpaired) electrons. The molecule has 5 rings (SSSR count). The molecule has 4 heterocycles. The molecule has 2 aromatic heterocycles. The second kappa shape index (κ2) is 9.82. The van der Waals surface area contributed by atoms with Gasteiger partial charge in [0.2, 0.25) is 5.95 Å². The van der Waals surface area contributed by atoms with Crippen LogP contribution < -0.4 is 4.90 Å². The first kappa shape index (κ1) is 21.1. The SMILES string of the molecule is Cn1cc(-c2ccnc(N3CCCC3)n2)c([C@@H]2CCCN(CCCc3ccccc3)C2)n1. The van der Waals surface area contributed by atoms with E-state index in [0.717, 1.165) is 44.2 Å². The van der Waals surface area contributed by atoms with Gasteiger partial charge in [-0.3, -0.25) is 4.68 Å². The van der Waals surface area contributed by atoms with Crippen LogP contribution in [0, 0.1) is 0 Å². The van der Waals surface area contributed by atoms with E-state index in [1.165, 1.54) is 55.5 Å². The molecule has 1 aromatic carbocycles. The Hall–Kier alpha value is -2.73. The molecular weight excluding hydrogens is 396 g/mol. The summed E-state index contributed by atoms with van der Waals surface area (Å²) in [6.07, 6.45) is 11.3. The Balaban J connectivity index is 1.28. The third kappa shape index (κ3) is 4.85. The predicted octanol–water partition coefficient (Wildman–Crippen LogP) is 4.29. The van der Waals surface area contributed by atoms with E-state index in [4.69, 9.17) is 10.1 Å². The number of aromatic nitrogens is 4. The summed E-state index contributed by atoms with van der Waals surface area (Å²) in [7, 11) is 2.02. The minimum absolute atomic E-state index is 0.460. The molecule has 0 saturated carbocycles. The lowest BCUT2D eigenvalue weighted by atomic mass is 9.91. The average Bonchev–Trinajstić information content (AvgIpc) is 3.50. The lowest BCUT2D eigenvalue weighted by molar-refractivity contribution is 0.204. The molecule has 2 saturated heterocycles. The maximum atomic E-state index is 4.94. The molecule has 2 aliphatic heterocycles. The second-order valence-corrected chi connectivity index (χ2v) is 9.27. The number of aryl methyl sites for hydroxylation is 2. The highest BCUT2D eigenvalue weighted by atomic mass is 15.3. The largest absolute Gasteiger partial charge is 0.341 e. The van der Waals surface area contributed by atoms with Gasteiger partial charge in [0.1, 0.15) is 0 Å². The van der Waals surface area contributed by atoms with Crippen LogP contribution in [-0.4, -0.2) is 57.4 Å². The molecule has 0 N–H and O–H groups in total. The van der Waals surface area contributed by atoms with Crippen LogP contribution in [0.25, 0.3) is 11.3 Å². The molecule has 1 atom stereocenters. The van der Waals surface area contributed by atoms with Crippen molar-refractivity contribution >= 4 is 5.95 Å². The first-order chi connectivity index (χ1) is 15.8. The first-order valence-corrected chi connectivity index (χ1v) is 12.1. The molecule has 168 valence electrons. The fraction of sp³-hybridized carbons (Fsp3) is 0.500. The van der Waals surface area contributed by atoms with Crippen molar-refractivity contribution in [2.45, 2.75) is 44.4 Å². The highest BCUT2D eigenvalue weighted by molar-refractivity contribution is 5.63. The third-order valence-electron chi connectivity index (χ3n) is 6.84. The van der Waals surface area contributed by atoms with E-state index in [9.17, 15) is 0 Å². The highest BCUT2D eigenvalue weighted by Crippen LogP contribution is 2.33. The van der Waals surface area contributed by atoms with E-state index in [1.54, 1.807) is 0 Å². The van der Waals surface area contributed by atoms with Gasteiger partial charge in [-0.05, 0) is 63.2 Å². The molecule has 0 aliphatic carbocycles. The summed E-state index contributed by atoms with van der Waals surface area (Å²) in [4.78, 5) is 14.4. The molecule has 2 fully saturated rings. The van der Waals surface area contributed by atoms with E-state index in [1.807, 2.05) is 24.0 Å². The van der Waals surface area contributed by atoms with Crippen molar-refractivity contribution in [2.75, 3.05) is 37.6 Å². The van der Waals surface area contributed by atoms with E-state index in [-0.39, 0.29) is 0 Å². The summed E-state index contributed by atoms with van der Waals surface area (Å²) >= 11 is 0. The van der Waals surface area contributed by atoms with Crippen molar-refractivity contribution in [3.8, 4) is 11.3 Å². The van der Waals surface area contributed by atoms with Gasteiger partial charge in [-0.15, -0.1) is 0 Å². The van der Waals surface area contributed by atoms with Gasteiger partial charge in [0.25, 0.3) is 0 Å². The first-order valence-electron chi connectivity index (χ1n) is 12.1. The summed E-state index contributed by atoms with van der Waals surface area (Å²) in [6, 6.07) is 12.9. The zero-order valence-corrected chi connectivity index (χ0v) is 19.2. The Morgan fingerprint density at radius 3 is 2.69 bits per heavy atom. The van der Waals surface area contributed by atoms with Crippen molar-refractivity contribution in [2.24, 2.45) is 7.05 Å². The number of likely N-dealkylation sites (tertiary alicyclic amines) is 1. The van der Waals surface area contributed by atoms with Crippen LogP contribution in [0.2, 0.25) is 0 Å². The summed E-state index contributed by atoms with van der Waals surface area (Å²) in [5.41, 5.74) is 4.81. The maximum Gasteiger partial charge on any atom is 0.225 e. The molecule has 2 aliphatic rings. The van der Waals surface area contributed by atoms with Crippen LogP contribution >= 0.6 is 0 Å². The number of hydrogen-bond acceptors (Lipinski definition) is 5. The Kier molecular flexibility index (Phi) is 6.49. The number of rotatable bonds is 7. The van der Waals surface area contributed by atoms with E-state index >= 15 is 0 Å². The molecule has 0 bridgehead atoms. The second-order valence-electron chi connectivity index (χ2n) is 9.27. The van der Waals surface area contributed by atoms with Gasteiger partial charge in [0, 0.05) is 50.6 Å². The maximum absolute atomic E-state index is 4.94. The molecule has 32 heavy (non-hydrogen) atoms. The summed E-state index contributed by atoms with van der Waals surface area (Å²) < 4.78 is 1.96. The Morgan fingerprint density at radius 1 is 1.00 bits per heavy atom. The zero-order valence-electron chi connectivity index (χ0n) is 19.2. The van der Waals surface area contributed by atoms with Crippen LogP contribution in [0.4, 0.5) is 5.95 Å². The van der Waals surface area contributed by atoms with Crippen molar-refractivity contribution < 1.29 is 0 Å². The summed E-state index contributed by atoms with van der Waals surface area (Å²) in [5.74, 6) is 1.32. The van der Waals surface area contributed by atoms with Crippen LogP contribution in [0.3, 0.4) is 0 Å². The number of nitrogens with zero attached hydrogens (tertiary/aromatic N) is 6. The van der Waals surface area contributed by atoms with Gasteiger partial charge in [0.05, 0.1) is 11.4 Å². The van der Waals surface area contributed by atoms with Crippen molar-refractivity contribution in [1.82, 2.24) is 24.6 Å². The van der Waals surface area contributed by atoms with Crippen LogP contribution in [0.1, 0.15) is 49.3 Å². The van der Waals surface area contributed by atoms with Gasteiger partial charge in [-0.1, -0.05) is 30.3 Å². The summed E-state index contributed by atoms with van der Waals surface area (Å²) in [6.45, 7) is 5.55. The third-order valence-corrected chi connectivity index (χ3v) is 6.84. The van der Waals surface area contributed by atoms with E-state index < -0.39 is 0 Å². The smallest absolute Gasteiger partial charge is 0.225 e. The number of hydrogen-bond donors (Lipinski definition) is 0. The standard InChI is InChI=1S/C26H34N6/c1-30-20-23(24-13-14-27-26(28-24)32-17-5-6-18-32)25(29-30)22-12-8-16-31(19-22)15-7-11-21-9-3-2-4-10-21/h2-4,9-10,13-14,20,22H,5-8,11-12,15-19H2,1H3/t22-/m1/s1. The highest BCUT2D eigenvalue weighted by Gasteiger charge is 2.27. The number of benzene rings is 1. The lowest BCUT2D eigenvalue weighted by Gasteiger charge is -2.32. The molecule has 0 unspecified atom stereocenters. The minimum atomic E-state index is 0.460. The Bertz CT molecular complexity index is 1010. The van der Waals surface area contributed by atoms with Crippen LogP contribution in [0.5, 0.6) is 0 Å². The average molecular weight is 431 g/mol. The van der Waals surface area contributed by atoms with Crippen molar-refractivity contribution in [3.63, 3.8) is 0 Å². The van der Waals surface area contributed by atoms with Gasteiger partial charge >= 0.3 is 0 Å². The topological polar surface area (TPSA) is 50.1 Å². The van der Waals surface area contributed by atoms with E-state index in [2.05, 4.69) is 51.3 Å². The fourth-order valence-corrected chi connectivity index (χ4v) is 5.21. The molecule has 6 nitrogen and oxygen atoms in total. The van der Waals surface area contributed by atoms with Crippen molar-refractivity contribution in [1.29, 1.82) is 0 Å². The van der Waals surface area contributed by atoms with Gasteiger partial charge in [-0.25, -0.2) is 9.97 Å².